The molecule has 3 rings (SSSR count). The number of halogens is 1. The molecule has 20 heavy (non-hydrogen) atoms. The Labute approximate surface area is 114 Å². The average Bonchev–Trinajstić information content (AvgIpc) is 2.77. The Morgan fingerprint density at radius 3 is 2.90 bits per heavy atom. The number of hydrogen-bond acceptors (Lipinski definition) is 2. The molecule has 0 spiro atoms. The lowest BCUT2D eigenvalue weighted by Crippen LogP contribution is -2.13. The van der Waals surface area contributed by atoms with Gasteiger partial charge in [-0.3, -0.25) is 4.79 Å². The number of rotatable bonds is 2. The van der Waals surface area contributed by atoms with Crippen LogP contribution in [0, 0.1) is 12.7 Å². The number of carbonyl (C=O) groups is 1. The maximum atomic E-state index is 13.1. The van der Waals surface area contributed by atoms with Crippen molar-refractivity contribution < 1.29 is 9.18 Å². The maximum Gasteiger partial charge on any atom is 0.276 e. The Hall–Kier alpha value is -2.69. The molecular formula is C15H12FN3O. The molecule has 1 aromatic carbocycles. The van der Waals surface area contributed by atoms with E-state index in [9.17, 15) is 9.18 Å². The zero-order valence-electron chi connectivity index (χ0n) is 10.8. The molecule has 3 aromatic rings. The van der Waals surface area contributed by atoms with Gasteiger partial charge in [0, 0.05) is 11.9 Å². The van der Waals surface area contributed by atoms with Crippen LogP contribution in [0.25, 0.3) is 5.52 Å². The van der Waals surface area contributed by atoms with Crippen molar-refractivity contribution in [1.29, 1.82) is 0 Å². The van der Waals surface area contributed by atoms with E-state index >= 15 is 0 Å². The van der Waals surface area contributed by atoms with Gasteiger partial charge in [-0.2, -0.15) is 0 Å². The number of pyridine rings is 1. The predicted molar refractivity (Wildman–Crippen MR) is 74.3 cm³/mol. The lowest BCUT2D eigenvalue weighted by molar-refractivity contribution is 0.102. The summed E-state index contributed by atoms with van der Waals surface area (Å²) in [6, 6.07) is 11.3. The highest BCUT2D eigenvalue weighted by Crippen LogP contribution is 2.15. The number of nitrogens with zero attached hydrogens (tertiary/aromatic N) is 2. The second kappa shape index (κ2) is 4.77. The number of fused-ring (bicyclic) bond motifs is 1. The standard InChI is InChI=1S/C15H12FN3O/c1-10-17-14(13-7-2-3-8-19(10)13)15(20)18-12-6-4-5-11(16)9-12/h2-9H,1H3,(H,18,20). The topological polar surface area (TPSA) is 46.4 Å². The van der Waals surface area contributed by atoms with Gasteiger partial charge in [0.15, 0.2) is 5.69 Å². The highest BCUT2D eigenvalue weighted by atomic mass is 19.1. The summed E-state index contributed by atoms with van der Waals surface area (Å²) in [6.07, 6.45) is 1.84. The quantitative estimate of drug-likeness (QED) is 0.777. The first-order valence-corrected chi connectivity index (χ1v) is 6.16. The van der Waals surface area contributed by atoms with Gasteiger partial charge in [0.05, 0.1) is 5.52 Å². The van der Waals surface area contributed by atoms with E-state index in [1.807, 2.05) is 35.7 Å². The zero-order valence-corrected chi connectivity index (χ0v) is 10.8. The Morgan fingerprint density at radius 2 is 2.10 bits per heavy atom. The molecule has 2 aromatic heterocycles. The van der Waals surface area contributed by atoms with Gasteiger partial charge in [0.1, 0.15) is 11.6 Å². The van der Waals surface area contributed by atoms with E-state index in [0.717, 1.165) is 11.3 Å². The number of imidazole rings is 1. The zero-order chi connectivity index (χ0) is 14.1. The molecule has 100 valence electrons. The molecule has 0 saturated carbocycles. The fourth-order valence-electron chi connectivity index (χ4n) is 2.11. The van der Waals surface area contributed by atoms with Gasteiger partial charge in [-0.25, -0.2) is 9.37 Å². The largest absolute Gasteiger partial charge is 0.320 e. The SMILES string of the molecule is Cc1nc(C(=O)Nc2cccc(F)c2)c2ccccn12. The van der Waals surface area contributed by atoms with Crippen molar-refractivity contribution in [3.63, 3.8) is 0 Å². The highest BCUT2D eigenvalue weighted by Gasteiger charge is 2.15. The lowest BCUT2D eigenvalue weighted by Gasteiger charge is -2.03. The average molecular weight is 269 g/mol. The van der Waals surface area contributed by atoms with Crippen LogP contribution in [-0.4, -0.2) is 15.3 Å². The summed E-state index contributed by atoms with van der Waals surface area (Å²) in [4.78, 5) is 16.5. The number of amides is 1. The van der Waals surface area contributed by atoms with Crippen LogP contribution < -0.4 is 5.32 Å². The summed E-state index contributed by atoms with van der Waals surface area (Å²) in [7, 11) is 0. The Kier molecular flexibility index (Phi) is 2.95. The number of aromatic nitrogens is 2. The molecule has 0 fully saturated rings. The normalized spacial score (nSPS) is 10.7. The highest BCUT2D eigenvalue weighted by molar-refractivity contribution is 6.07. The molecule has 2 heterocycles. The minimum atomic E-state index is -0.395. The van der Waals surface area contributed by atoms with Crippen LogP contribution in [0.3, 0.4) is 0 Å². The van der Waals surface area contributed by atoms with Gasteiger partial charge >= 0.3 is 0 Å². The van der Waals surface area contributed by atoms with Gasteiger partial charge in [-0.05, 0) is 37.3 Å². The second-order valence-electron chi connectivity index (χ2n) is 4.43. The van der Waals surface area contributed by atoms with E-state index in [1.54, 1.807) is 12.1 Å². The molecule has 0 aliphatic heterocycles. The van der Waals surface area contributed by atoms with E-state index in [-0.39, 0.29) is 5.91 Å². The van der Waals surface area contributed by atoms with Crippen molar-refractivity contribution in [2.75, 3.05) is 5.32 Å². The summed E-state index contributed by atoms with van der Waals surface area (Å²) in [5, 5.41) is 2.65. The molecule has 0 aliphatic rings. The number of nitrogens with one attached hydrogen (secondary N) is 1. The third kappa shape index (κ3) is 2.14. The molecule has 1 amide bonds. The molecule has 0 radical (unpaired) electrons. The van der Waals surface area contributed by atoms with Crippen molar-refractivity contribution in [2.45, 2.75) is 6.92 Å². The minimum absolute atomic E-state index is 0.326. The van der Waals surface area contributed by atoms with Gasteiger partial charge in [-0.1, -0.05) is 12.1 Å². The van der Waals surface area contributed by atoms with Crippen LogP contribution in [-0.2, 0) is 0 Å². The van der Waals surface area contributed by atoms with E-state index in [1.165, 1.54) is 12.1 Å². The number of hydrogen-bond donors (Lipinski definition) is 1. The Bertz CT molecular complexity index is 795. The summed E-state index contributed by atoms with van der Waals surface area (Å²) >= 11 is 0. The molecule has 0 aliphatic carbocycles. The second-order valence-corrected chi connectivity index (χ2v) is 4.43. The van der Waals surface area contributed by atoms with Gasteiger partial charge in [-0.15, -0.1) is 0 Å². The molecule has 5 heteroatoms. The van der Waals surface area contributed by atoms with Crippen LogP contribution in [0.15, 0.2) is 48.7 Å². The molecule has 0 unspecified atom stereocenters. The van der Waals surface area contributed by atoms with Gasteiger partial charge in [0.25, 0.3) is 5.91 Å². The van der Waals surface area contributed by atoms with Crippen LogP contribution in [0.2, 0.25) is 0 Å². The summed E-state index contributed by atoms with van der Waals surface area (Å²) in [6.45, 7) is 1.83. The number of anilines is 1. The first-order valence-electron chi connectivity index (χ1n) is 6.16. The van der Waals surface area contributed by atoms with E-state index in [0.29, 0.717) is 11.4 Å². The van der Waals surface area contributed by atoms with Crippen molar-refractivity contribution in [1.82, 2.24) is 9.38 Å². The van der Waals surface area contributed by atoms with Crippen LogP contribution in [0.5, 0.6) is 0 Å². The minimum Gasteiger partial charge on any atom is -0.320 e. The third-order valence-corrected chi connectivity index (χ3v) is 3.02. The molecule has 0 bridgehead atoms. The summed E-state index contributed by atoms with van der Waals surface area (Å²) < 4.78 is 14.9. The fraction of sp³-hybridized carbons (Fsp3) is 0.0667. The van der Waals surface area contributed by atoms with Crippen molar-refractivity contribution in [2.24, 2.45) is 0 Å². The Morgan fingerprint density at radius 1 is 1.25 bits per heavy atom. The Balaban J connectivity index is 1.97. The van der Waals surface area contributed by atoms with Gasteiger partial charge in [0.2, 0.25) is 0 Å². The number of benzene rings is 1. The monoisotopic (exact) mass is 269 g/mol. The summed E-state index contributed by atoms with van der Waals surface area (Å²) in [5.41, 5.74) is 1.45. The van der Waals surface area contributed by atoms with E-state index < -0.39 is 5.82 Å². The van der Waals surface area contributed by atoms with Crippen LogP contribution in [0.4, 0.5) is 10.1 Å². The van der Waals surface area contributed by atoms with E-state index in [4.69, 9.17) is 0 Å². The molecule has 0 atom stereocenters. The van der Waals surface area contributed by atoms with E-state index in [2.05, 4.69) is 10.3 Å². The lowest BCUT2D eigenvalue weighted by atomic mass is 10.2. The third-order valence-electron chi connectivity index (χ3n) is 3.02. The van der Waals surface area contributed by atoms with Crippen molar-refractivity contribution in [3.8, 4) is 0 Å². The first kappa shape index (κ1) is 12.3. The van der Waals surface area contributed by atoms with Gasteiger partial charge < -0.3 is 9.72 Å². The molecular weight excluding hydrogens is 257 g/mol. The predicted octanol–water partition coefficient (Wildman–Crippen LogP) is 3.03. The smallest absolute Gasteiger partial charge is 0.276 e. The van der Waals surface area contributed by atoms with Crippen molar-refractivity contribution >= 4 is 17.1 Å². The molecule has 1 N–H and O–H groups in total. The summed E-state index contributed by atoms with van der Waals surface area (Å²) in [5.74, 6) is -0.0222. The first-order chi connectivity index (χ1) is 9.65. The number of aryl methyl sites for hydroxylation is 1. The molecule has 4 nitrogen and oxygen atoms in total. The molecule has 0 saturated heterocycles. The van der Waals surface area contributed by atoms with Crippen LogP contribution in [0.1, 0.15) is 16.3 Å². The maximum absolute atomic E-state index is 13.1. The number of carbonyl (C=O) groups excluding carboxylic acids is 1. The van der Waals surface area contributed by atoms with Crippen molar-refractivity contribution in [3.05, 3.63) is 66.0 Å². The fourth-order valence-corrected chi connectivity index (χ4v) is 2.11. The van der Waals surface area contributed by atoms with Crippen LogP contribution >= 0.6 is 0 Å².